The number of aliphatic hydroxyl groups is 1. The van der Waals surface area contributed by atoms with E-state index in [-0.39, 0.29) is 5.91 Å². The van der Waals surface area contributed by atoms with Crippen molar-refractivity contribution in [3.05, 3.63) is 30.1 Å². The molecule has 2 aliphatic rings. The smallest absolute Gasteiger partial charge is 0.227 e. The Hall–Kier alpha value is -1.50. The third-order valence-corrected chi connectivity index (χ3v) is 4.41. The van der Waals surface area contributed by atoms with Gasteiger partial charge in [-0.25, -0.2) is 0 Å². The fourth-order valence-corrected chi connectivity index (χ4v) is 3.16. The zero-order chi connectivity index (χ0) is 15.4. The van der Waals surface area contributed by atoms with Gasteiger partial charge in [-0.2, -0.15) is 0 Å². The van der Waals surface area contributed by atoms with E-state index < -0.39 is 5.60 Å². The van der Waals surface area contributed by atoms with Crippen molar-refractivity contribution >= 4 is 5.91 Å². The summed E-state index contributed by atoms with van der Waals surface area (Å²) in [6.45, 7) is 4.83. The molecule has 0 radical (unpaired) electrons. The standard InChI is InChI=1S/C16H23N3O3/c20-15(11-14-1-4-17-5-2-14)19-6-3-16(21,13-19)12-18-7-9-22-10-8-18/h1-2,4-5,21H,3,6-13H2/t16-/m1/s1. The average Bonchev–Trinajstić information content (AvgIpc) is 2.91. The second-order valence-electron chi connectivity index (χ2n) is 6.21. The summed E-state index contributed by atoms with van der Waals surface area (Å²) >= 11 is 0. The topological polar surface area (TPSA) is 65.9 Å². The number of hydrogen-bond acceptors (Lipinski definition) is 5. The maximum absolute atomic E-state index is 12.4. The Kier molecular flexibility index (Phi) is 4.71. The molecule has 2 aliphatic heterocycles. The third kappa shape index (κ3) is 3.82. The quantitative estimate of drug-likeness (QED) is 0.843. The summed E-state index contributed by atoms with van der Waals surface area (Å²) in [7, 11) is 0. The molecule has 3 rings (SSSR count). The molecule has 1 aromatic heterocycles. The van der Waals surface area contributed by atoms with Crippen LogP contribution in [0.15, 0.2) is 24.5 Å². The number of carbonyl (C=O) groups excluding carboxylic acids is 1. The van der Waals surface area contributed by atoms with Crippen LogP contribution in [0.2, 0.25) is 0 Å². The van der Waals surface area contributed by atoms with E-state index in [1.807, 2.05) is 12.1 Å². The number of likely N-dealkylation sites (tertiary alicyclic amines) is 1. The predicted octanol–water partition coefficient (Wildman–Crippen LogP) is -0.0803. The Balaban J connectivity index is 1.53. The summed E-state index contributed by atoms with van der Waals surface area (Å²) in [6.07, 6.45) is 4.41. The molecule has 0 spiro atoms. The van der Waals surface area contributed by atoms with Crippen molar-refractivity contribution in [2.45, 2.75) is 18.4 Å². The summed E-state index contributed by atoms with van der Waals surface area (Å²) in [4.78, 5) is 20.3. The van der Waals surface area contributed by atoms with E-state index >= 15 is 0 Å². The Bertz CT molecular complexity index is 505. The lowest BCUT2D eigenvalue weighted by molar-refractivity contribution is -0.130. The summed E-state index contributed by atoms with van der Waals surface area (Å²) in [5, 5.41) is 10.7. The lowest BCUT2D eigenvalue weighted by Gasteiger charge is -2.33. The summed E-state index contributed by atoms with van der Waals surface area (Å²) in [6, 6.07) is 3.71. The zero-order valence-corrected chi connectivity index (χ0v) is 12.8. The monoisotopic (exact) mass is 305 g/mol. The lowest BCUT2D eigenvalue weighted by Crippen LogP contribution is -2.49. The van der Waals surface area contributed by atoms with Gasteiger partial charge in [0.25, 0.3) is 0 Å². The maximum atomic E-state index is 12.4. The van der Waals surface area contributed by atoms with E-state index in [0.29, 0.717) is 32.5 Å². The second kappa shape index (κ2) is 6.73. The van der Waals surface area contributed by atoms with Crippen molar-refractivity contribution in [1.82, 2.24) is 14.8 Å². The molecule has 22 heavy (non-hydrogen) atoms. The first-order valence-electron chi connectivity index (χ1n) is 7.84. The second-order valence-corrected chi connectivity index (χ2v) is 6.21. The van der Waals surface area contributed by atoms with Crippen LogP contribution in [0.5, 0.6) is 0 Å². The highest BCUT2D eigenvalue weighted by Crippen LogP contribution is 2.23. The van der Waals surface area contributed by atoms with Crippen molar-refractivity contribution in [2.75, 3.05) is 45.9 Å². The van der Waals surface area contributed by atoms with Crippen LogP contribution in [-0.2, 0) is 16.0 Å². The minimum absolute atomic E-state index is 0.0732. The van der Waals surface area contributed by atoms with Crippen LogP contribution >= 0.6 is 0 Å². The van der Waals surface area contributed by atoms with Crippen LogP contribution in [0.4, 0.5) is 0 Å². The molecule has 1 aromatic rings. The van der Waals surface area contributed by atoms with E-state index in [1.54, 1.807) is 17.3 Å². The third-order valence-electron chi connectivity index (χ3n) is 4.41. The van der Waals surface area contributed by atoms with Crippen LogP contribution in [0.1, 0.15) is 12.0 Å². The number of morpholine rings is 1. The normalized spacial score (nSPS) is 26.3. The number of pyridine rings is 1. The largest absolute Gasteiger partial charge is 0.387 e. The van der Waals surface area contributed by atoms with Gasteiger partial charge in [0, 0.05) is 38.6 Å². The van der Waals surface area contributed by atoms with E-state index in [4.69, 9.17) is 4.74 Å². The van der Waals surface area contributed by atoms with E-state index in [0.717, 1.165) is 31.9 Å². The average molecular weight is 305 g/mol. The molecule has 0 saturated carbocycles. The first kappa shape index (κ1) is 15.4. The number of ether oxygens (including phenoxy) is 1. The summed E-state index contributed by atoms with van der Waals surface area (Å²) in [5.74, 6) is 0.0732. The van der Waals surface area contributed by atoms with Gasteiger partial charge in [-0.1, -0.05) is 0 Å². The number of aromatic nitrogens is 1. The number of amides is 1. The molecule has 2 saturated heterocycles. The molecule has 1 atom stereocenters. The molecule has 1 amide bonds. The minimum atomic E-state index is -0.786. The Morgan fingerprint density at radius 3 is 2.73 bits per heavy atom. The first-order chi connectivity index (χ1) is 10.6. The summed E-state index contributed by atoms with van der Waals surface area (Å²) < 4.78 is 5.33. The van der Waals surface area contributed by atoms with Crippen molar-refractivity contribution < 1.29 is 14.6 Å². The highest BCUT2D eigenvalue weighted by molar-refractivity contribution is 5.79. The van der Waals surface area contributed by atoms with Gasteiger partial charge in [0.05, 0.1) is 31.8 Å². The molecular weight excluding hydrogens is 282 g/mol. The molecule has 0 bridgehead atoms. The molecular formula is C16H23N3O3. The molecule has 6 nitrogen and oxygen atoms in total. The highest BCUT2D eigenvalue weighted by atomic mass is 16.5. The SMILES string of the molecule is O=C(Cc1ccncc1)N1CC[C@@](O)(CN2CCOCC2)C1. The summed E-state index contributed by atoms with van der Waals surface area (Å²) in [5.41, 5.74) is 0.175. The molecule has 0 aliphatic carbocycles. The van der Waals surface area contributed by atoms with Crippen LogP contribution in [0, 0.1) is 0 Å². The van der Waals surface area contributed by atoms with E-state index in [1.165, 1.54) is 0 Å². The molecule has 6 heteroatoms. The number of rotatable bonds is 4. The fourth-order valence-electron chi connectivity index (χ4n) is 3.16. The van der Waals surface area contributed by atoms with Crippen molar-refractivity contribution in [2.24, 2.45) is 0 Å². The number of nitrogens with zero attached hydrogens (tertiary/aromatic N) is 3. The van der Waals surface area contributed by atoms with Gasteiger partial charge in [0.15, 0.2) is 0 Å². The van der Waals surface area contributed by atoms with Gasteiger partial charge in [0.1, 0.15) is 0 Å². The predicted molar refractivity (Wildman–Crippen MR) is 81.3 cm³/mol. The molecule has 120 valence electrons. The van der Waals surface area contributed by atoms with Gasteiger partial charge in [-0.05, 0) is 24.1 Å². The number of carbonyl (C=O) groups is 1. The van der Waals surface area contributed by atoms with Crippen LogP contribution in [0.25, 0.3) is 0 Å². The van der Waals surface area contributed by atoms with Crippen molar-refractivity contribution in [3.8, 4) is 0 Å². The van der Waals surface area contributed by atoms with Crippen LogP contribution < -0.4 is 0 Å². The fraction of sp³-hybridized carbons (Fsp3) is 0.625. The van der Waals surface area contributed by atoms with Gasteiger partial charge < -0.3 is 14.7 Å². The van der Waals surface area contributed by atoms with E-state index in [9.17, 15) is 9.90 Å². The minimum Gasteiger partial charge on any atom is -0.387 e. The van der Waals surface area contributed by atoms with Gasteiger partial charge in [0.2, 0.25) is 5.91 Å². The van der Waals surface area contributed by atoms with Gasteiger partial charge >= 0.3 is 0 Å². The molecule has 1 N–H and O–H groups in total. The Morgan fingerprint density at radius 1 is 1.27 bits per heavy atom. The highest BCUT2D eigenvalue weighted by Gasteiger charge is 2.39. The van der Waals surface area contributed by atoms with Crippen LogP contribution in [-0.4, -0.2) is 77.3 Å². The molecule has 3 heterocycles. The maximum Gasteiger partial charge on any atom is 0.227 e. The Labute approximate surface area is 130 Å². The Morgan fingerprint density at radius 2 is 2.00 bits per heavy atom. The molecule has 0 aromatic carbocycles. The van der Waals surface area contributed by atoms with Crippen LogP contribution in [0.3, 0.4) is 0 Å². The van der Waals surface area contributed by atoms with Crippen molar-refractivity contribution in [1.29, 1.82) is 0 Å². The molecule has 0 unspecified atom stereocenters. The van der Waals surface area contributed by atoms with E-state index in [2.05, 4.69) is 9.88 Å². The van der Waals surface area contributed by atoms with Gasteiger partial charge in [-0.15, -0.1) is 0 Å². The molecule has 2 fully saturated rings. The zero-order valence-electron chi connectivity index (χ0n) is 12.8. The van der Waals surface area contributed by atoms with Gasteiger partial charge in [-0.3, -0.25) is 14.7 Å². The lowest BCUT2D eigenvalue weighted by atomic mass is 10.0. The number of β-amino-alcohol motifs (C(OH)–C–C–N with tert-alkyl or cyclic N) is 1. The number of hydrogen-bond donors (Lipinski definition) is 1. The first-order valence-corrected chi connectivity index (χ1v) is 7.84. The van der Waals surface area contributed by atoms with Crippen molar-refractivity contribution in [3.63, 3.8) is 0 Å².